The highest BCUT2D eigenvalue weighted by Gasteiger charge is 2.37. The predicted octanol–water partition coefficient (Wildman–Crippen LogP) is -1.58. The molecule has 1 rings (SSSR count). The van der Waals surface area contributed by atoms with Crippen LogP contribution in [0.25, 0.3) is 0 Å². The molecule has 4 atom stereocenters. The third kappa shape index (κ3) is 6.47. The fourth-order valence-corrected chi connectivity index (χ4v) is 2.97. The van der Waals surface area contributed by atoms with Crippen molar-refractivity contribution >= 4 is 23.7 Å². The molecule has 10 heteroatoms. The molecule has 0 aromatic carbocycles. The van der Waals surface area contributed by atoms with Crippen LogP contribution in [-0.4, -0.2) is 76.1 Å². The third-order valence-corrected chi connectivity index (χ3v) is 4.43. The van der Waals surface area contributed by atoms with Crippen LogP contribution in [0.2, 0.25) is 0 Å². The van der Waals surface area contributed by atoms with Crippen LogP contribution in [0.4, 0.5) is 0 Å². The average Bonchev–Trinajstić information content (AvgIpc) is 3.07. The molecule has 0 bridgehead atoms. The van der Waals surface area contributed by atoms with E-state index in [-0.39, 0.29) is 12.5 Å². The number of carboxylic acids is 1. The van der Waals surface area contributed by atoms with Crippen molar-refractivity contribution < 1.29 is 29.4 Å². The number of amides is 3. The molecule has 1 aliphatic rings. The van der Waals surface area contributed by atoms with Gasteiger partial charge in [0, 0.05) is 6.54 Å². The highest BCUT2D eigenvalue weighted by Crippen LogP contribution is 2.18. The summed E-state index contributed by atoms with van der Waals surface area (Å²) < 4.78 is 0. The van der Waals surface area contributed by atoms with E-state index in [9.17, 15) is 24.3 Å². The van der Waals surface area contributed by atoms with Gasteiger partial charge in [-0.15, -0.1) is 0 Å². The molecule has 1 saturated heterocycles. The molecule has 1 aliphatic heterocycles. The van der Waals surface area contributed by atoms with E-state index < -0.39 is 54.5 Å². The van der Waals surface area contributed by atoms with Crippen LogP contribution in [0.5, 0.6) is 0 Å². The van der Waals surface area contributed by atoms with Crippen LogP contribution < -0.4 is 16.4 Å². The molecule has 0 aromatic rings. The fraction of sp³-hybridized carbons (Fsp3) is 0.765. The molecule has 1 fully saturated rings. The summed E-state index contributed by atoms with van der Waals surface area (Å²) >= 11 is 0. The molecular weight excluding hydrogens is 356 g/mol. The first-order valence-electron chi connectivity index (χ1n) is 9.08. The molecule has 10 nitrogen and oxygen atoms in total. The summed E-state index contributed by atoms with van der Waals surface area (Å²) in [6.45, 7) is 4.84. The average molecular weight is 386 g/mol. The number of nitrogens with zero attached hydrogens (tertiary/aromatic N) is 1. The van der Waals surface area contributed by atoms with Crippen molar-refractivity contribution in [1.29, 1.82) is 0 Å². The molecule has 0 radical (unpaired) electrons. The second-order valence-electron chi connectivity index (χ2n) is 7.24. The lowest BCUT2D eigenvalue weighted by Gasteiger charge is -2.27. The van der Waals surface area contributed by atoms with E-state index in [0.717, 1.165) is 4.90 Å². The number of carbonyl (C=O) groups excluding carboxylic acids is 3. The van der Waals surface area contributed by atoms with Gasteiger partial charge < -0.3 is 31.5 Å². The first-order valence-corrected chi connectivity index (χ1v) is 9.08. The normalized spacial score (nSPS) is 20.1. The summed E-state index contributed by atoms with van der Waals surface area (Å²) in [6.07, 6.45) is 1.33. The number of nitrogens with two attached hydrogens (primary N) is 1. The van der Waals surface area contributed by atoms with Gasteiger partial charge in [-0.1, -0.05) is 13.8 Å². The van der Waals surface area contributed by atoms with Crippen molar-refractivity contribution in [3.63, 3.8) is 0 Å². The highest BCUT2D eigenvalue weighted by molar-refractivity contribution is 5.94. The van der Waals surface area contributed by atoms with E-state index in [1.807, 2.05) is 13.8 Å². The summed E-state index contributed by atoms with van der Waals surface area (Å²) in [5.74, 6) is -2.72. The number of aliphatic carboxylic acids is 1. The van der Waals surface area contributed by atoms with Gasteiger partial charge in [-0.3, -0.25) is 14.4 Å². The molecule has 1 heterocycles. The Balaban J connectivity index is 2.65. The Morgan fingerprint density at radius 1 is 1.15 bits per heavy atom. The van der Waals surface area contributed by atoms with E-state index >= 15 is 0 Å². The first kappa shape index (κ1) is 22.8. The predicted molar refractivity (Wildman–Crippen MR) is 96.4 cm³/mol. The van der Waals surface area contributed by atoms with Crippen LogP contribution >= 0.6 is 0 Å². The molecule has 0 saturated carbocycles. The van der Waals surface area contributed by atoms with E-state index in [1.165, 1.54) is 6.92 Å². The Morgan fingerprint density at radius 2 is 1.78 bits per heavy atom. The first-order chi connectivity index (χ1) is 12.6. The largest absolute Gasteiger partial charge is 0.480 e. The Morgan fingerprint density at radius 3 is 2.30 bits per heavy atom. The van der Waals surface area contributed by atoms with E-state index in [4.69, 9.17) is 10.8 Å². The maximum absolute atomic E-state index is 12.5. The van der Waals surface area contributed by atoms with Gasteiger partial charge >= 0.3 is 5.97 Å². The van der Waals surface area contributed by atoms with Crippen molar-refractivity contribution in [1.82, 2.24) is 15.5 Å². The van der Waals surface area contributed by atoms with Crippen LogP contribution in [-0.2, 0) is 19.2 Å². The van der Waals surface area contributed by atoms with Crippen LogP contribution in [0.3, 0.4) is 0 Å². The minimum Gasteiger partial charge on any atom is -0.480 e. The number of aliphatic hydroxyl groups excluding tert-OH is 1. The van der Waals surface area contributed by atoms with Gasteiger partial charge in [0.25, 0.3) is 0 Å². The van der Waals surface area contributed by atoms with Crippen molar-refractivity contribution in [3.05, 3.63) is 0 Å². The van der Waals surface area contributed by atoms with Crippen molar-refractivity contribution in [2.24, 2.45) is 11.7 Å². The number of hydrogen-bond acceptors (Lipinski definition) is 6. The van der Waals surface area contributed by atoms with Crippen molar-refractivity contribution in [2.45, 2.75) is 64.2 Å². The lowest BCUT2D eigenvalue weighted by atomic mass is 10.0. The quantitative estimate of drug-likeness (QED) is 0.319. The minimum absolute atomic E-state index is 0.217. The van der Waals surface area contributed by atoms with E-state index in [1.54, 1.807) is 0 Å². The molecule has 154 valence electrons. The minimum atomic E-state index is -1.28. The summed E-state index contributed by atoms with van der Waals surface area (Å²) in [5.41, 5.74) is 5.77. The van der Waals surface area contributed by atoms with Gasteiger partial charge in [0.2, 0.25) is 17.7 Å². The number of hydrogen-bond donors (Lipinski definition) is 5. The Kier molecular flexibility index (Phi) is 8.64. The Hall–Kier alpha value is -2.20. The monoisotopic (exact) mass is 386 g/mol. The molecule has 6 N–H and O–H groups in total. The zero-order valence-electron chi connectivity index (χ0n) is 16.0. The van der Waals surface area contributed by atoms with Crippen molar-refractivity contribution in [2.75, 3.05) is 13.2 Å². The molecule has 3 amide bonds. The summed E-state index contributed by atoms with van der Waals surface area (Å²) in [4.78, 5) is 49.1. The number of rotatable bonds is 9. The number of nitrogens with one attached hydrogen (secondary N) is 2. The molecular formula is C17H30N4O6. The van der Waals surface area contributed by atoms with Gasteiger partial charge in [0.05, 0.1) is 12.6 Å². The van der Waals surface area contributed by atoms with Gasteiger partial charge in [0.15, 0.2) is 0 Å². The summed E-state index contributed by atoms with van der Waals surface area (Å²) in [7, 11) is 0. The number of likely N-dealkylation sites (tertiary alicyclic amines) is 1. The van der Waals surface area contributed by atoms with Crippen LogP contribution in [0.15, 0.2) is 0 Å². The van der Waals surface area contributed by atoms with Gasteiger partial charge in [0.1, 0.15) is 18.1 Å². The second kappa shape index (κ2) is 10.2. The molecule has 0 aromatic heterocycles. The molecule has 4 unspecified atom stereocenters. The lowest BCUT2D eigenvalue weighted by Crippen LogP contribution is -2.57. The van der Waals surface area contributed by atoms with Gasteiger partial charge in [-0.25, -0.2) is 4.79 Å². The standard InChI is InChI=1S/C17H30N4O6/c1-9(2)7-11(18)15(24)19-10(3)14(23)20-12(8-22)16(25)21-6-4-5-13(21)17(26)27/h9-13,22H,4-8,18H2,1-3H3,(H,19,24)(H,20,23)(H,26,27). The Bertz CT molecular complexity index is 568. The third-order valence-electron chi connectivity index (χ3n) is 4.43. The molecule has 27 heavy (non-hydrogen) atoms. The molecule has 0 aliphatic carbocycles. The van der Waals surface area contributed by atoms with Gasteiger partial charge in [-0.2, -0.15) is 0 Å². The topological polar surface area (TPSA) is 162 Å². The summed E-state index contributed by atoms with van der Waals surface area (Å²) in [6, 6.07) is -3.96. The maximum atomic E-state index is 12.5. The smallest absolute Gasteiger partial charge is 0.326 e. The van der Waals surface area contributed by atoms with Crippen LogP contribution in [0, 0.1) is 5.92 Å². The number of carboxylic acid groups (broad SMARTS) is 1. The summed E-state index contributed by atoms with van der Waals surface area (Å²) in [5, 5.41) is 23.5. The zero-order valence-corrected chi connectivity index (χ0v) is 16.0. The second-order valence-corrected chi connectivity index (χ2v) is 7.24. The number of aliphatic hydroxyl groups is 1. The maximum Gasteiger partial charge on any atom is 0.326 e. The number of carbonyl (C=O) groups is 4. The molecule has 0 spiro atoms. The zero-order chi connectivity index (χ0) is 20.7. The highest BCUT2D eigenvalue weighted by atomic mass is 16.4. The SMILES string of the molecule is CC(C)CC(N)C(=O)NC(C)C(=O)NC(CO)C(=O)N1CCCC1C(=O)O. The van der Waals surface area contributed by atoms with Gasteiger partial charge in [-0.05, 0) is 32.1 Å². The lowest BCUT2D eigenvalue weighted by molar-refractivity contribution is -0.150. The van der Waals surface area contributed by atoms with E-state index in [2.05, 4.69) is 10.6 Å². The fourth-order valence-electron chi connectivity index (χ4n) is 2.97. The Labute approximate surface area is 158 Å². The van der Waals surface area contributed by atoms with Crippen molar-refractivity contribution in [3.8, 4) is 0 Å². The van der Waals surface area contributed by atoms with E-state index in [0.29, 0.717) is 19.3 Å². The van der Waals surface area contributed by atoms with Crippen LogP contribution in [0.1, 0.15) is 40.0 Å².